The third kappa shape index (κ3) is 9.04. The second kappa shape index (κ2) is 16.6. The zero-order valence-electron chi connectivity index (χ0n) is 31.7. The number of hydrogen-bond donors (Lipinski definition) is 3. The highest BCUT2D eigenvalue weighted by Crippen LogP contribution is 2.43. The molecule has 4 atom stereocenters. The van der Waals surface area contributed by atoms with Crippen LogP contribution in [-0.4, -0.2) is 79.4 Å². The molecule has 2 aliphatic carbocycles. The van der Waals surface area contributed by atoms with Gasteiger partial charge in [0.2, 0.25) is 11.8 Å². The summed E-state index contributed by atoms with van der Waals surface area (Å²) in [6.45, 7) is 6.43. The van der Waals surface area contributed by atoms with E-state index in [1.54, 1.807) is 43.9 Å². The van der Waals surface area contributed by atoms with Crippen LogP contribution in [0.2, 0.25) is 0 Å². The van der Waals surface area contributed by atoms with Crippen molar-refractivity contribution in [3.05, 3.63) is 30.0 Å². The van der Waals surface area contributed by atoms with Crippen molar-refractivity contribution in [2.24, 2.45) is 34.8 Å². The molecule has 298 valence electrons. The number of anilines is 1. The van der Waals surface area contributed by atoms with Crippen LogP contribution in [-0.2, 0) is 24.5 Å². The number of fused-ring (bicyclic) bond motifs is 1. The number of nitrogens with one attached hydrogen (secondary N) is 2. The Kier molecular flexibility index (Phi) is 12.3. The molecule has 4 aliphatic rings. The summed E-state index contributed by atoms with van der Waals surface area (Å²) >= 11 is 0. The van der Waals surface area contributed by atoms with E-state index in [4.69, 9.17) is 14.9 Å². The topological polar surface area (TPSA) is 181 Å². The number of halogens is 1. The highest BCUT2D eigenvalue weighted by molar-refractivity contribution is 7.87. The maximum atomic E-state index is 15.5. The van der Waals surface area contributed by atoms with Crippen LogP contribution in [0.1, 0.15) is 115 Å². The van der Waals surface area contributed by atoms with Gasteiger partial charge in [-0.15, -0.1) is 0 Å². The molecule has 0 bridgehead atoms. The van der Waals surface area contributed by atoms with E-state index >= 15 is 4.39 Å². The lowest BCUT2D eigenvalue weighted by molar-refractivity contribution is -0.143. The number of likely N-dealkylation sites (tertiary alicyclic amines) is 1. The van der Waals surface area contributed by atoms with Crippen LogP contribution in [0.3, 0.4) is 0 Å². The van der Waals surface area contributed by atoms with Gasteiger partial charge in [0.05, 0.1) is 0 Å². The molecule has 0 spiro atoms. The largest absolute Gasteiger partial charge is 0.451 e. The molecule has 15 heteroatoms. The minimum absolute atomic E-state index is 0.00725. The number of benzene rings is 1. The summed E-state index contributed by atoms with van der Waals surface area (Å²) < 4.78 is 55.4. The minimum Gasteiger partial charge on any atom is -0.451 e. The van der Waals surface area contributed by atoms with Crippen LogP contribution in [0.25, 0.3) is 11.0 Å². The number of hydrogen-bond acceptors (Lipinski definition) is 8. The van der Waals surface area contributed by atoms with E-state index in [1.807, 2.05) is 0 Å². The molecule has 54 heavy (non-hydrogen) atoms. The maximum Gasteiger partial charge on any atom is 0.404 e. The fourth-order valence-electron chi connectivity index (χ4n) is 9.19. The molecule has 1 aromatic carbocycles. The molecule has 2 saturated heterocycles. The second-order valence-electron chi connectivity index (χ2n) is 16.9. The predicted octanol–water partition coefficient (Wildman–Crippen LogP) is 6.28. The van der Waals surface area contributed by atoms with E-state index in [0.29, 0.717) is 67.9 Å². The molecule has 2 aliphatic heterocycles. The lowest BCUT2D eigenvalue weighted by Gasteiger charge is -2.39. The first-order chi connectivity index (χ1) is 25.6. The Balaban J connectivity index is 1.15. The highest BCUT2D eigenvalue weighted by atomic mass is 32.2. The third-order valence-electron chi connectivity index (χ3n) is 12.1. The summed E-state index contributed by atoms with van der Waals surface area (Å²) in [5, 5.41) is 3.55. The molecule has 13 nitrogen and oxygen atoms in total. The number of primary amides is 1. The maximum absolute atomic E-state index is 15.5. The van der Waals surface area contributed by atoms with Gasteiger partial charge in [0.15, 0.2) is 5.76 Å². The average molecular weight is 774 g/mol. The molecular formula is C39H56FN5O8S. The van der Waals surface area contributed by atoms with E-state index < -0.39 is 45.9 Å². The Morgan fingerprint density at radius 1 is 0.907 bits per heavy atom. The number of ether oxygens (including phenoxy) is 1. The summed E-state index contributed by atoms with van der Waals surface area (Å²) in [6, 6.07) is 5.73. The number of furan rings is 1. The van der Waals surface area contributed by atoms with Crippen molar-refractivity contribution in [1.82, 2.24) is 13.9 Å². The first kappa shape index (κ1) is 40.0. The van der Waals surface area contributed by atoms with Crippen molar-refractivity contribution in [3.8, 4) is 0 Å². The first-order valence-corrected chi connectivity index (χ1v) is 21.1. The second-order valence-corrected chi connectivity index (χ2v) is 18.5. The summed E-state index contributed by atoms with van der Waals surface area (Å²) in [5.74, 6) is -1.67. The van der Waals surface area contributed by atoms with Crippen LogP contribution in [0.15, 0.2) is 28.7 Å². The Bertz CT molecular complexity index is 1790. The molecule has 2 aromatic rings. The Hall–Kier alpha value is -3.72. The van der Waals surface area contributed by atoms with Gasteiger partial charge in [0.25, 0.3) is 0 Å². The smallest absolute Gasteiger partial charge is 0.404 e. The summed E-state index contributed by atoms with van der Waals surface area (Å²) in [7, 11) is -4.01. The number of alkyl halides is 1. The molecule has 4 N–H and O–H groups in total. The zero-order valence-corrected chi connectivity index (χ0v) is 32.5. The van der Waals surface area contributed by atoms with Crippen LogP contribution in [0.5, 0.6) is 0 Å². The van der Waals surface area contributed by atoms with Crippen LogP contribution >= 0.6 is 0 Å². The Morgan fingerprint density at radius 2 is 1.57 bits per heavy atom. The molecule has 6 rings (SSSR count). The van der Waals surface area contributed by atoms with Gasteiger partial charge in [-0.25, -0.2) is 13.9 Å². The fraction of sp³-hybridized carbons (Fsp3) is 0.692. The van der Waals surface area contributed by atoms with Gasteiger partial charge in [-0.2, -0.15) is 12.7 Å². The number of carbonyl (C=O) groups excluding carboxylic acids is 4. The minimum atomic E-state index is -4.01. The number of rotatable bonds is 10. The van der Waals surface area contributed by atoms with Crippen molar-refractivity contribution in [2.45, 2.75) is 123 Å². The molecular weight excluding hydrogens is 718 g/mol. The lowest BCUT2D eigenvalue weighted by Crippen LogP contribution is -2.50. The Labute approximate surface area is 317 Å². The van der Waals surface area contributed by atoms with E-state index in [0.717, 1.165) is 57.8 Å². The van der Waals surface area contributed by atoms with Gasteiger partial charge in [0, 0.05) is 36.6 Å². The third-order valence-corrected chi connectivity index (χ3v) is 13.6. The normalized spacial score (nSPS) is 25.9. The van der Waals surface area contributed by atoms with Crippen molar-refractivity contribution in [2.75, 3.05) is 25.0 Å². The van der Waals surface area contributed by atoms with E-state index in [9.17, 15) is 27.6 Å². The quantitative estimate of drug-likeness (QED) is 0.252. The van der Waals surface area contributed by atoms with Gasteiger partial charge in [-0.1, -0.05) is 59.3 Å². The van der Waals surface area contributed by atoms with Crippen LogP contribution in [0, 0.1) is 29.1 Å². The molecule has 1 unspecified atom stereocenters. The average Bonchev–Trinajstić information content (AvgIpc) is 3.79. The first-order valence-electron chi connectivity index (χ1n) is 19.7. The molecule has 3 heterocycles. The van der Waals surface area contributed by atoms with Crippen molar-refractivity contribution >= 4 is 50.7 Å². The van der Waals surface area contributed by atoms with Crippen molar-refractivity contribution in [1.29, 1.82) is 0 Å². The standard InChI is InChI=1S/C39H56FN5O8S/c1-39(2,3)34(40)33(53-38(41)49)25-12-14-26(15-13-25)37(48)45-21-18-29(24-10-6-4-7-11-24)32(45)36(47)42-28-16-17-30-27(22-28)23-31(52-30)35(46)43-54(50,51)44-19-8-5-9-20-44/h16-17,22-26,29,32-34H,4-15,18-21H2,1-3H3,(H2,41,49)(H,42,47)(H,43,46)/t25-,26-,29-,32-,33-,34?/m0/s1. The SMILES string of the molecule is CC(C)(C)C(F)[C@@H](OC(N)=O)[C@H]1CC[C@H](C(=O)N2CC[C@@H](C3CCCCC3)[C@H]2C(=O)Nc2ccc3oc(C(=O)NS(=O)(=O)N4CCCCC4)cc3c2)CC1. The molecule has 1 aromatic heterocycles. The lowest BCUT2D eigenvalue weighted by atomic mass is 9.74. The highest BCUT2D eigenvalue weighted by Gasteiger charge is 2.48. The van der Waals surface area contributed by atoms with Gasteiger partial charge >= 0.3 is 22.2 Å². The van der Waals surface area contributed by atoms with Gasteiger partial charge in [-0.05, 0) is 92.4 Å². The molecule has 4 fully saturated rings. The van der Waals surface area contributed by atoms with Crippen molar-refractivity contribution in [3.63, 3.8) is 0 Å². The predicted molar refractivity (Wildman–Crippen MR) is 201 cm³/mol. The van der Waals surface area contributed by atoms with Crippen LogP contribution < -0.4 is 15.8 Å². The number of carbonyl (C=O) groups is 4. The zero-order chi connectivity index (χ0) is 38.8. The molecule has 2 saturated carbocycles. The van der Waals surface area contributed by atoms with Crippen LogP contribution in [0.4, 0.5) is 14.9 Å². The van der Waals surface area contributed by atoms with Crippen molar-refractivity contribution < 1.29 is 41.1 Å². The number of nitrogens with two attached hydrogens (primary N) is 1. The van der Waals surface area contributed by atoms with Gasteiger partial charge in [0.1, 0.15) is 23.9 Å². The van der Waals surface area contributed by atoms with E-state index in [2.05, 4.69) is 10.0 Å². The fourth-order valence-corrected chi connectivity index (χ4v) is 10.4. The number of nitrogens with zero attached hydrogens (tertiary/aromatic N) is 2. The summed E-state index contributed by atoms with van der Waals surface area (Å²) in [5.41, 5.74) is 5.38. The summed E-state index contributed by atoms with van der Waals surface area (Å²) in [6.07, 6.45) is 7.07. The monoisotopic (exact) mass is 773 g/mol. The van der Waals surface area contributed by atoms with Gasteiger partial charge < -0.3 is 25.1 Å². The van der Waals surface area contributed by atoms with E-state index in [-0.39, 0.29) is 35.3 Å². The summed E-state index contributed by atoms with van der Waals surface area (Å²) in [4.78, 5) is 54.9. The number of amides is 4. The van der Waals surface area contributed by atoms with Gasteiger partial charge in [-0.3, -0.25) is 14.4 Å². The van der Waals surface area contributed by atoms with E-state index in [1.165, 1.54) is 10.4 Å². The Morgan fingerprint density at radius 3 is 2.22 bits per heavy atom. The molecule has 0 radical (unpaired) electrons. The molecule has 4 amide bonds. The number of piperidine rings is 1.